The van der Waals surface area contributed by atoms with Crippen molar-refractivity contribution >= 4 is 0 Å². The lowest BCUT2D eigenvalue weighted by Crippen LogP contribution is -2.34. The average molecular weight is 232 g/mol. The lowest BCUT2D eigenvalue weighted by atomic mass is 10.0. The molecule has 0 amide bonds. The molecular weight excluding hydrogens is 204 g/mol. The minimum absolute atomic E-state index is 0.330. The van der Waals surface area contributed by atoms with Gasteiger partial charge >= 0.3 is 0 Å². The number of unbranched alkanes of at least 4 members (excludes halogenated alkanes) is 2. The molecule has 0 saturated carbocycles. The van der Waals surface area contributed by atoms with Crippen molar-refractivity contribution in [3.8, 4) is 0 Å². The van der Waals surface area contributed by atoms with Crippen molar-refractivity contribution in [2.45, 2.75) is 84.5 Å². The van der Waals surface area contributed by atoms with E-state index >= 15 is 0 Å². The molecule has 0 aromatic rings. The van der Waals surface area contributed by atoms with Gasteiger partial charge in [0.15, 0.2) is 5.79 Å². The van der Waals surface area contributed by atoms with E-state index in [1.807, 2.05) is 13.8 Å². The summed E-state index contributed by atoms with van der Waals surface area (Å²) in [6.07, 6.45) is 5.77. The maximum atomic E-state index is 9.93. The molecule has 0 spiro atoms. The molecule has 0 radical (unpaired) electrons. The predicted molar refractivity (Wildman–Crippen MR) is 65.9 cm³/mol. The van der Waals surface area contributed by atoms with Crippen LogP contribution in [0.2, 0.25) is 0 Å². The molecule has 98 valence electrons. The second-order valence-electron chi connectivity index (χ2n) is 5.31. The van der Waals surface area contributed by atoms with Crippen molar-refractivity contribution in [2.75, 3.05) is 0 Å². The standard InChI is InChI=1S/C13H28O3/c1-6-8-9-11-13(5,14)16-15-12(3,4)10-7-2/h14H,6-11H2,1-5H3. The number of hydrogen-bond acceptors (Lipinski definition) is 3. The Hall–Kier alpha value is -0.120. The van der Waals surface area contributed by atoms with Crippen LogP contribution in [-0.4, -0.2) is 16.5 Å². The SMILES string of the molecule is CCCCCC(C)(O)OOC(C)(C)CCC. The molecule has 0 bridgehead atoms. The van der Waals surface area contributed by atoms with E-state index in [0.29, 0.717) is 6.42 Å². The van der Waals surface area contributed by atoms with Gasteiger partial charge in [-0.25, -0.2) is 9.78 Å². The van der Waals surface area contributed by atoms with Gasteiger partial charge in [-0.2, -0.15) is 0 Å². The Bertz CT molecular complexity index is 176. The van der Waals surface area contributed by atoms with Crippen molar-refractivity contribution in [1.82, 2.24) is 0 Å². The summed E-state index contributed by atoms with van der Waals surface area (Å²) in [5.41, 5.74) is -0.330. The van der Waals surface area contributed by atoms with Crippen molar-refractivity contribution < 1.29 is 14.9 Å². The Morgan fingerprint density at radius 2 is 1.50 bits per heavy atom. The van der Waals surface area contributed by atoms with Gasteiger partial charge in [0, 0.05) is 6.42 Å². The fourth-order valence-corrected chi connectivity index (χ4v) is 1.59. The minimum atomic E-state index is -1.17. The van der Waals surface area contributed by atoms with Crippen LogP contribution in [0.1, 0.15) is 73.1 Å². The maximum Gasteiger partial charge on any atom is 0.196 e. The van der Waals surface area contributed by atoms with Crippen molar-refractivity contribution in [2.24, 2.45) is 0 Å². The molecule has 3 nitrogen and oxygen atoms in total. The average Bonchev–Trinajstić information content (AvgIpc) is 2.16. The van der Waals surface area contributed by atoms with E-state index in [-0.39, 0.29) is 5.60 Å². The molecular formula is C13H28O3. The van der Waals surface area contributed by atoms with Gasteiger partial charge in [0.05, 0.1) is 5.60 Å². The topological polar surface area (TPSA) is 38.7 Å². The second kappa shape index (κ2) is 7.25. The number of hydrogen-bond donors (Lipinski definition) is 1. The number of aliphatic hydroxyl groups is 1. The first kappa shape index (κ1) is 15.9. The van der Waals surface area contributed by atoms with Crippen LogP contribution >= 0.6 is 0 Å². The fraction of sp³-hybridized carbons (Fsp3) is 1.00. The Labute approximate surface area is 100 Å². The Balaban J connectivity index is 3.87. The normalized spacial score (nSPS) is 16.1. The van der Waals surface area contributed by atoms with Gasteiger partial charge in [0.25, 0.3) is 0 Å². The highest BCUT2D eigenvalue weighted by molar-refractivity contribution is 4.66. The minimum Gasteiger partial charge on any atom is -0.363 e. The van der Waals surface area contributed by atoms with E-state index in [1.165, 1.54) is 0 Å². The third-order valence-corrected chi connectivity index (χ3v) is 2.54. The van der Waals surface area contributed by atoms with E-state index < -0.39 is 5.79 Å². The Morgan fingerprint density at radius 3 is 2.00 bits per heavy atom. The summed E-state index contributed by atoms with van der Waals surface area (Å²) in [6.45, 7) is 9.84. The Kier molecular flexibility index (Phi) is 7.20. The highest BCUT2D eigenvalue weighted by atomic mass is 17.2. The smallest absolute Gasteiger partial charge is 0.196 e. The molecule has 0 rings (SSSR count). The third kappa shape index (κ3) is 8.08. The zero-order chi connectivity index (χ0) is 12.7. The summed E-state index contributed by atoms with van der Waals surface area (Å²) in [7, 11) is 0. The lowest BCUT2D eigenvalue weighted by molar-refractivity contribution is -0.451. The summed E-state index contributed by atoms with van der Waals surface area (Å²) in [6, 6.07) is 0. The molecule has 0 aliphatic heterocycles. The molecule has 0 saturated heterocycles. The molecule has 1 atom stereocenters. The molecule has 0 aromatic heterocycles. The van der Waals surface area contributed by atoms with Gasteiger partial charge in [-0.05, 0) is 33.6 Å². The van der Waals surface area contributed by atoms with Gasteiger partial charge < -0.3 is 5.11 Å². The van der Waals surface area contributed by atoms with Crippen molar-refractivity contribution in [3.63, 3.8) is 0 Å². The summed E-state index contributed by atoms with van der Waals surface area (Å²) >= 11 is 0. The number of rotatable bonds is 9. The second-order valence-corrected chi connectivity index (χ2v) is 5.31. The van der Waals surface area contributed by atoms with E-state index in [4.69, 9.17) is 9.78 Å². The van der Waals surface area contributed by atoms with Gasteiger partial charge in [0.1, 0.15) is 0 Å². The predicted octanol–water partition coefficient (Wildman–Crippen LogP) is 3.80. The molecule has 0 fully saturated rings. The largest absolute Gasteiger partial charge is 0.363 e. The zero-order valence-electron chi connectivity index (χ0n) is 11.5. The van der Waals surface area contributed by atoms with Crippen LogP contribution in [-0.2, 0) is 9.78 Å². The first-order valence-corrected chi connectivity index (χ1v) is 6.42. The van der Waals surface area contributed by atoms with E-state index in [2.05, 4.69) is 13.8 Å². The molecule has 3 heteroatoms. The molecule has 1 N–H and O–H groups in total. The van der Waals surface area contributed by atoms with Crippen LogP contribution in [0.15, 0.2) is 0 Å². The first-order chi connectivity index (χ1) is 7.33. The van der Waals surface area contributed by atoms with Crippen LogP contribution in [0.25, 0.3) is 0 Å². The van der Waals surface area contributed by atoms with Gasteiger partial charge in [0.2, 0.25) is 0 Å². The van der Waals surface area contributed by atoms with E-state index in [0.717, 1.165) is 32.1 Å². The van der Waals surface area contributed by atoms with Gasteiger partial charge in [-0.3, -0.25) is 0 Å². The molecule has 1 unspecified atom stereocenters. The Morgan fingerprint density at radius 1 is 0.875 bits per heavy atom. The van der Waals surface area contributed by atoms with Crippen LogP contribution in [0.3, 0.4) is 0 Å². The highest BCUT2D eigenvalue weighted by Gasteiger charge is 2.27. The first-order valence-electron chi connectivity index (χ1n) is 6.42. The highest BCUT2D eigenvalue weighted by Crippen LogP contribution is 2.23. The molecule has 0 aliphatic carbocycles. The summed E-state index contributed by atoms with van der Waals surface area (Å²) in [4.78, 5) is 10.5. The third-order valence-electron chi connectivity index (χ3n) is 2.54. The van der Waals surface area contributed by atoms with Crippen molar-refractivity contribution in [1.29, 1.82) is 0 Å². The van der Waals surface area contributed by atoms with Crippen LogP contribution in [0.4, 0.5) is 0 Å². The summed E-state index contributed by atoms with van der Waals surface area (Å²) < 4.78 is 0. The van der Waals surface area contributed by atoms with E-state index in [9.17, 15) is 5.11 Å². The zero-order valence-corrected chi connectivity index (χ0v) is 11.5. The van der Waals surface area contributed by atoms with Crippen LogP contribution in [0, 0.1) is 0 Å². The van der Waals surface area contributed by atoms with E-state index in [1.54, 1.807) is 6.92 Å². The van der Waals surface area contributed by atoms with Crippen LogP contribution in [0.5, 0.6) is 0 Å². The quantitative estimate of drug-likeness (QED) is 0.284. The molecule has 16 heavy (non-hydrogen) atoms. The summed E-state index contributed by atoms with van der Waals surface area (Å²) in [5.74, 6) is -1.17. The van der Waals surface area contributed by atoms with Gasteiger partial charge in [-0.15, -0.1) is 0 Å². The van der Waals surface area contributed by atoms with Crippen molar-refractivity contribution in [3.05, 3.63) is 0 Å². The fourth-order valence-electron chi connectivity index (χ4n) is 1.59. The molecule has 0 heterocycles. The molecule has 0 aromatic carbocycles. The van der Waals surface area contributed by atoms with Gasteiger partial charge in [-0.1, -0.05) is 33.1 Å². The summed E-state index contributed by atoms with van der Waals surface area (Å²) in [5, 5.41) is 9.93. The maximum absolute atomic E-state index is 9.93. The van der Waals surface area contributed by atoms with Crippen LogP contribution < -0.4 is 0 Å². The molecule has 0 aliphatic rings. The monoisotopic (exact) mass is 232 g/mol. The lowest BCUT2D eigenvalue weighted by Gasteiger charge is -2.29.